The number of piperazine rings is 1. The Hall–Kier alpha value is -0.650. The summed E-state index contributed by atoms with van der Waals surface area (Å²) in [7, 11) is 2.13. The van der Waals surface area contributed by atoms with Crippen molar-refractivity contribution in [3.05, 3.63) is 0 Å². The Kier molecular flexibility index (Phi) is 5.60. The lowest BCUT2D eigenvalue weighted by Gasteiger charge is -2.32. The molecule has 1 saturated heterocycles. The largest absolute Gasteiger partial charge is 0.480 e. The molecule has 0 radical (unpaired) electrons. The lowest BCUT2D eigenvalue weighted by atomic mass is 10.3. The first kappa shape index (κ1) is 12.4. The van der Waals surface area contributed by atoms with Crippen LogP contribution in [0.25, 0.3) is 0 Å². The van der Waals surface area contributed by atoms with Crippen molar-refractivity contribution < 1.29 is 14.6 Å². The van der Waals surface area contributed by atoms with Gasteiger partial charge in [-0.2, -0.15) is 0 Å². The molecule has 0 aromatic heterocycles. The highest BCUT2D eigenvalue weighted by molar-refractivity contribution is 5.67. The third-order valence-corrected chi connectivity index (χ3v) is 2.58. The van der Waals surface area contributed by atoms with Gasteiger partial charge in [-0.15, -0.1) is 0 Å². The van der Waals surface area contributed by atoms with Crippen LogP contribution in [0.3, 0.4) is 0 Å². The molecule has 1 heterocycles. The molecule has 0 bridgehead atoms. The van der Waals surface area contributed by atoms with Gasteiger partial charge in [-0.1, -0.05) is 0 Å². The minimum absolute atomic E-state index is 0.178. The normalized spacial score (nSPS) is 19.3. The Bertz CT molecular complexity index is 191. The fourth-order valence-electron chi connectivity index (χ4n) is 1.62. The van der Waals surface area contributed by atoms with Crippen LogP contribution in [0.5, 0.6) is 0 Å². The maximum atomic E-state index is 10.2. The van der Waals surface area contributed by atoms with Crippen LogP contribution >= 0.6 is 0 Å². The van der Waals surface area contributed by atoms with Gasteiger partial charge in [0, 0.05) is 39.3 Å². The van der Waals surface area contributed by atoms with E-state index >= 15 is 0 Å². The van der Waals surface area contributed by atoms with Crippen LogP contribution in [0, 0.1) is 0 Å². The zero-order valence-electron chi connectivity index (χ0n) is 9.31. The number of rotatable bonds is 6. The van der Waals surface area contributed by atoms with E-state index in [4.69, 9.17) is 9.84 Å². The number of carboxylic acids is 1. The Labute approximate surface area is 90.6 Å². The Morgan fingerprint density at radius 1 is 1.33 bits per heavy atom. The zero-order chi connectivity index (χ0) is 11.1. The van der Waals surface area contributed by atoms with Crippen molar-refractivity contribution in [3.8, 4) is 0 Å². The van der Waals surface area contributed by atoms with Crippen molar-refractivity contribution in [3.63, 3.8) is 0 Å². The Morgan fingerprint density at radius 3 is 2.60 bits per heavy atom. The van der Waals surface area contributed by atoms with Gasteiger partial charge in [-0.25, -0.2) is 4.79 Å². The van der Waals surface area contributed by atoms with Crippen molar-refractivity contribution in [2.45, 2.75) is 6.42 Å². The lowest BCUT2D eigenvalue weighted by Crippen LogP contribution is -2.44. The average molecular weight is 216 g/mol. The van der Waals surface area contributed by atoms with E-state index in [-0.39, 0.29) is 6.61 Å². The molecule has 0 unspecified atom stereocenters. The maximum absolute atomic E-state index is 10.2. The Balaban J connectivity index is 1.94. The zero-order valence-corrected chi connectivity index (χ0v) is 9.31. The van der Waals surface area contributed by atoms with Crippen LogP contribution in [-0.4, -0.2) is 73.9 Å². The molecule has 0 aromatic rings. The predicted molar refractivity (Wildman–Crippen MR) is 57.0 cm³/mol. The van der Waals surface area contributed by atoms with Crippen LogP contribution < -0.4 is 0 Å². The molecule has 0 saturated carbocycles. The van der Waals surface area contributed by atoms with E-state index in [9.17, 15) is 4.79 Å². The van der Waals surface area contributed by atoms with Crippen molar-refractivity contribution in [1.82, 2.24) is 9.80 Å². The van der Waals surface area contributed by atoms with Crippen LogP contribution in [0.4, 0.5) is 0 Å². The number of aliphatic carboxylic acids is 1. The molecule has 1 rings (SSSR count). The summed E-state index contributed by atoms with van der Waals surface area (Å²) >= 11 is 0. The SMILES string of the molecule is CN1CCN(CCCOCC(=O)O)CC1. The molecule has 1 fully saturated rings. The van der Waals surface area contributed by atoms with Gasteiger partial charge in [-0.3, -0.25) is 0 Å². The molecule has 1 N–H and O–H groups in total. The summed E-state index contributed by atoms with van der Waals surface area (Å²) in [5, 5.41) is 8.35. The topological polar surface area (TPSA) is 53.0 Å². The molecule has 0 amide bonds. The second kappa shape index (κ2) is 6.76. The van der Waals surface area contributed by atoms with Gasteiger partial charge in [0.2, 0.25) is 0 Å². The number of nitrogens with zero attached hydrogens (tertiary/aromatic N) is 2. The van der Waals surface area contributed by atoms with E-state index < -0.39 is 5.97 Å². The quantitative estimate of drug-likeness (QED) is 0.619. The second-order valence-corrected chi connectivity index (χ2v) is 3.94. The molecule has 0 aromatic carbocycles. The number of carboxylic acid groups (broad SMARTS) is 1. The summed E-state index contributed by atoms with van der Waals surface area (Å²) in [6, 6.07) is 0. The average Bonchev–Trinajstić information content (AvgIpc) is 2.20. The molecule has 0 aliphatic carbocycles. The maximum Gasteiger partial charge on any atom is 0.329 e. The van der Waals surface area contributed by atoms with Crippen LogP contribution in [0.15, 0.2) is 0 Å². The molecule has 1 aliphatic heterocycles. The fourth-order valence-corrected chi connectivity index (χ4v) is 1.62. The van der Waals surface area contributed by atoms with E-state index in [1.807, 2.05) is 0 Å². The number of carbonyl (C=O) groups is 1. The van der Waals surface area contributed by atoms with Crippen molar-refractivity contribution in [2.75, 3.05) is 53.0 Å². The van der Waals surface area contributed by atoms with Gasteiger partial charge >= 0.3 is 5.97 Å². The third kappa shape index (κ3) is 5.71. The standard InChI is InChI=1S/C10H20N2O3/c1-11-4-6-12(7-5-11)3-2-8-15-9-10(13)14/h2-9H2,1H3,(H,13,14). The molecular weight excluding hydrogens is 196 g/mol. The number of ether oxygens (including phenoxy) is 1. The van der Waals surface area contributed by atoms with Crippen molar-refractivity contribution in [2.24, 2.45) is 0 Å². The molecule has 88 valence electrons. The Morgan fingerprint density at radius 2 is 2.00 bits per heavy atom. The van der Waals surface area contributed by atoms with Crippen LogP contribution in [0.1, 0.15) is 6.42 Å². The molecule has 0 atom stereocenters. The minimum atomic E-state index is -0.894. The highest BCUT2D eigenvalue weighted by Crippen LogP contribution is 1.99. The first-order chi connectivity index (χ1) is 7.18. The first-order valence-electron chi connectivity index (χ1n) is 5.39. The highest BCUT2D eigenvalue weighted by Gasteiger charge is 2.12. The lowest BCUT2D eigenvalue weighted by molar-refractivity contribution is -0.142. The molecule has 0 spiro atoms. The van der Waals surface area contributed by atoms with Crippen molar-refractivity contribution in [1.29, 1.82) is 0 Å². The second-order valence-electron chi connectivity index (χ2n) is 3.94. The van der Waals surface area contributed by atoms with E-state index in [0.29, 0.717) is 6.61 Å². The third-order valence-electron chi connectivity index (χ3n) is 2.58. The van der Waals surface area contributed by atoms with Gasteiger partial charge in [0.15, 0.2) is 0 Å². The molecular formula is C10H20N2O3. The highest BCUT2D eigenvalue weighted by atomic mass is 16.5. The fraction of sp³-hybridized carbons (Fsp3) is 0.900. The van der Waals surface area contributed by atoms with Gasteiger partial charge in [0.1, 0.15) is 6.61 Å². The van der Waals surface area contributed by atoms with E-state index in [0.717, 1.165) is 39.1 Å². The van der Waals surface area contributed by atoms with Crippen molar-refractivity contribution >= 4 is 5.97 Å². The molecule has 5 nitrogen and oxygen atoms in total. The first-order valence-corrected chi connectivity index (χ1v) is 5.39. The summed E-state index contributed by atoms with van der Waals surface area (Å²) in [5.74, 6) is -0.894. The summed E-state index contributed by atoms with van der Waals surface area (Å²) in [4.78, 5) is 14.9. The van der Waals surface area contributed by atoms with E-state index in [1.54, 1.807) is 0 Å². The van der Waals surface area contributed by atoms with Crippen LogP contribution in [0.2, 0.25) is 0 Å². The van der Waals surface area contributed by atoms with Crippen LogP contribution in [-0.2, 0) is 9.53 Å². The number of hydrogen-bond acceptors (Lipinski definition) is 4. The van der Waals surface area contributed by atoms with E-state index in [2.05, 4.69) is 16.8 Å². The van der Waals surface area contributed by atoms with Gasteiger partial charge in [0.25, 0.3) is 0 Å². The summed E-state index contributed by atoms with van der Waals surface area (Å²) in [6.07, 6.45) is 0.914. The molecule has 1 aliphatic rings. The van der Waals surface area contributed by atoms with Gasteiger partial charge in [-0.05, 0) is 13.5 Å². The van der Waals surface area contributed by atoms with Gasteiger partial charge in [0.05, 0.1) is 0 Å². The number of hydrogen-bond donors (Lipinski definition) is 1. The van der Waals surface area contributed by atoms with Gasteiger partial charge < -0.3 is 19.6 Å². The predicted octanol–water partition coefficient (Wildman–Crippen LogP) is -0.275. The summed E-state index contributed by atoms with van der Waals surface area (Å²) < 4.78 is 4.97. The molecule has 15 heavy (non-hydrogen) atoms. The van der Waals surface area contributed by atoms with E-state index in [1.165, 1.54) is 0 Å². The number of likely N-dealkylation sites (N-methyl/N-ethyl adjacent to an activating group) is 1. The molecule has 5 heteroatoms. The summed E-state index contributed by atoms with van der Waals surface area (Å²) in [5.41, 5.74) is 0. The minimum Gasteiger partial charge on any atom is -0.480 e. The monoisotopic (exact) mass is 216 g/mol. The summed E-state index contributed by atoms with van der Waals surface area (Å²) in [6.45, 7) is 5.83. The smallest absolute Gasteiger partial charge is 0.329 e.